The van der Waals surface area contributed by atoms with Gasteiger partial charge < -0.3 is 9.84 Å². The Morgan fingerprint density at radius 1 is 1.14 bits per heavy atom. The zero-order valence-electron chi connectivity index (χ0n) is 16.7. The summed E-state index contributed by atoms with van der Waals surface area (Å²) in [5.74, 6) is -0.558. The van der Waals surface area contributed by atoms with Gasteiger partial charge in [-0.15, -0.1) is 0 Å². The monoisotopic (exact) mass is 392 g/mol. The molecule has 0 bridgehead atoms. The quantitative estimate of drug-likeness (QED) is 0.533. The van der Waals surface area contributed by atoms with E-state index in [1.807, 2.05) is 72.8 Å². The third kappa shape index (κ3) is 5.88. The summed E-state index contributed by atoms with van der Waals surface area (Å²) in [5, 5.41) is 10.3. The maximum atomic E-state index is 12.6. The Morgan fingerprint density at radius 3 is 2.45 bits per heavy atom. The number of rotatable bonds is 8. The van der Waals surface area contributed by atoms with Crippen LogP contribution in [0.5, 0.6) is 0 Å². The summed E-state index contributed by atoms with van der Waals surface area (Å²) in [4.78, 5) is 24.1. The summed E-state index contributed by atoms with van der Waals surface area (Å²) in [5.41, 5.74) is 2.00. The van der Waals surface area contributed by atoms with Crippen molar-refractivity contribution >= 4 is 11.8 Å². The van der Waals surface area contributed by atoms with Gasteiger partial charge in [-0.25, -0.2) is 0 Å². The normalized spacial score (nSPS) is 22.7. The number of hydrogen-bond acceptors (Lipinski definition) is 4. The Bertz CT molecular complexity index is 828. The van der Waals surface area contributed by atoms with Crippen molar-refractivity contribution in [3.63, 3.8) is 0 Å². The Labute approximate surface area is 172 Å². The van der Waals surface area contributed by atoms with Gasteiger partial charge in [0.2, 0.25) is 0 Å². The Morgan fingerprint density at radius 2 is 1.79 bits per heavy atom. The lowest BCUT2D eigenvalue weighted by atomic mass is 9.87. The second-order valence-corrected chi connectivity index (χ2v) is 7.62. The lowest BCUT2D eigenvalue weighted by Gasteiger charge is -2.21. The van der Waals surface area contributed by atoms with E-state index in [2.05, 4.69) is 0 Å². The molecule has 1 aliphatic carbocycles. The summed E-state index contributed by atoms with van der Waals surface area (Å²) in [6, 6.07) is 19.5. The van der Waals surface area contributed by atoms with Crippen LogP contribution in [-0.4, -0.2) is 23.0 Å². The van der Waals surface area contributed by atoms with E-state index >= 15 is 0 Å². The van der Waals surface area contributed by atoms with E-state index in [0.29, 0.717) is 19.3 Å². The molecular weight excluding hydrogens is 364 g/mol. The van der Waals surface area contributed by atoms with Crippen LogP contribution in [0.25, 0.3) is 0 Å². The van der Waals surface area contributed by atoms with Crippen LogP contribution in [0.2, 0.25) is 0 Å². The number of hydrogen-bond donors (Lipinski definition) is 1. The summed E-state index contributed by atoms with van der Waals surface area (Å²) in [6.07, 6.45) is 5.26. The lowest BCUT2D eigenvalue weighted by molar-refractivity contribution is -0.147. The van der Waals surface area contributed by atoms with E-state index in [1.54, 1.807) is 0 Å². The summed E-state index contributed by atoms with van der Waals surface area (Å²) in [6.45, 7) is 1.38. The second-order valence-electron chi connectivity index (χ2n) is 7.62. The molecule has 0 spiro atoms. The molecule has 3 rings (SSSR count). The number of carbonyl (C=O) groups excluding carboxylic acids is 2. The maximum Gasteiger partial charge on any atom is 0.302 e. The molecule has 0 aliphatic heterocycles. The molecular formula is C25H28O4. The molecule has 1 unspecified atom stereocenters. The highest BCUT2D eigenvalue weighted by molar-refractivity contribution is 5.85. The molecule has 2 aromatic carbocycles. The molecule has 0 amide bonds. The first kappa shape index (κ1) is 21.0. The van der Waals surface area contributed by atoms with Gasteiger partial charge >= 0.3 is 5.97 Å². The summed E-state index contributed by atoms with van der Waals surface area (Å²) < 4.78 is 5.45. The van der Waals surface area contributed by atoms with Gasteiger partial charge in [0.25, 0.3) is 0 Å². The van der Waals surface area contributed by atoms with Crippen molar-refractivity contribution in [1.82, 2.24) is 0 Å². The minimum Gasteiger partial charge on any atom is -0.461 e. The molecule has 0 radical (unpaired) electrons. The van der Waals surface area contributed by atoms with Crippen molar-refractivity contribution < 1.29 is 19.4 Å². The minimum absolute atomic E-state index is 0.138. The number of esters is 1. The van der Waals surface area contributed by atoms with Gasteiger partial charge in [0.1, 0.15) is 11.9 Å². The van der Waals surface area contributed by atoms with Crippen molar-refractivity contribution in [1.29, 1.82) is 0 Å². The fourth-order valence-corrected chi connectivity index (χ4v) is 4.02. The van der Waals surface area contributed by atoms with Crippen LogP contribution < -0.4 is 0 Å². The number of ketones is 1. The molecule has 0 heterocycles. The molecule has 0 aromatic heterocycles. The van der Waals surface area contributed by atoms with Gasteiger partial charge in [-0.05, 0) is 30.4 Å². The number of carbonyl (C=O) groups is 2. The molecule has 0 saturated heterocycles. The molecule has 1 aliphatic rings. The topological polar surface area (TPSA) is 63.6 Å². The fraction of sp³-hybridized carbons (Fsp3) is 0.360. The first-order chi connectivity index (χ1) is 14.0. The molecule has 1 N–H and O–H groups in total. The van der Waals surface area contributed by atoms with Crippen molar-refractivity contribution in [2.45, 2.75) is 44.8 Å². The standard InChI is InChI=1S/C25H28O4/c1-18(26)29-25-17-24(28)22(16-19-10-4-2-5-11-19)21(25)14-8-9-15-23(27)20-12-6-3-7-13-20/h2-8,10-14,21-23,25,27H,9,15-17H2,1H3/b14-8+/t21-,22-,23?,25-/m1/s1. The van der Waals surface area contributed by atoms with Crippen molar-refractivity contribution in [2.24, 2.45) is 11.8 Å². The molecule has 4 heteroatoms. The van der Waals surface area contributed by atoms with Crippen molar-refractivity contribution in [3.8, 4) is 0 Å². The predicted molar refractivity (Wildman–Crippen MR) is 112 cm³/mol. The molecule has 4 atom stereocenters. The average Bonchev–Trinajstić information content (AvgIpc) is 3.00. The molecule has 4 nitrogen and oxygen atoms in total. The van der Waals surface area contributed by atoms with Gasteiger partial charge in [0.05, 0.1) is 6.10 Å². The van der Waals surface area contributed by atoms with Crippen LogP contribution in [0.4, 0.5) is 0 Å². The largest absolute Gasteiger partial charge is 0.461 e. The third-order valence-corrected chi connectivity index (χ3v) is 5.48. The highest BCUT2D eigenvalue weighted by Crippen LogP contribution is 2.35. The first-order valence-corrected chi connectivity index (χ1v) is 10.2. The average molecular weight is 392 g/mol. The van der Waals surface area contributed by atoms with Crippen LogP contribution in [0.3, 0.4) is 0 Å². The Kier molecular flexibility index (Phi) is 7.36. The van der Waals surface area contributed by atoms with Gasteiger partial charge in [-0.2, -0.15) is 0 Å². The summed E-state index contributed by atoms with van der Waals surface area (Å²) >= 11 is 0. The number of aliphatic hydroxyl groups excluding tert-OH is 1. The van der Waals surface area contributed by atoms with E-state index in [0.717, 1.165) is 11.1 Å². The van der Waals surface area contributed by atoms with Crippen LogP contribution in [-0.2, 0) is 20.7 Å². The third-order valence-electron chi connectivity index (χ3n) is 5.48. The first-order valence-electron chi connectivity index (χ1n) is 10.2. The van der Waals surface area contributed by atoms with Gasteiger partial charge in [-0.3, -0.25) is 9.59 Å². The fourth-order valence-electron chi connectivity index (χ4n) is 4.02. The molecule has 152 valence electrons. The van der Waals surface area contributed by atoms with Gasteiger partial charge in [0.15, 0.2) is 0 Å². The van der Waals surface area contributed by atoms with Crippen molar-refractivity contribution in [2.75, 3.05) is 0 Å². The van der Waals surface area contributed by atoms with Crippen LogP contribution in [0.1, 0.15) is 43.4 Å². The molecule has 2 aromatic rings. The number of ether oxygens (including phenoxy) is 1. The Hall–Kier alpha value is -2.72. The van der Waals surface area contributed by atoms with Gasteiger partial charge in [0, 0.05) is 25.2 Å². The van der Waals surface area contributed by atoms with Crippen molar-refractivity contribution in [3.05, 3.63) is 83.9 Å². The Balaban J connectivity index is 1.66. The van der Waals surface area contributed by atoms with E-state index in [-0.39, 0.29) is 30.0 Å². The second kappa shape index (κ2) is 10.2. The van der Waals surface area contributed by atoms with E-state index in [9.17, 15) is 14.7 Å². The SMILES string of the molecule is CC(=O)O[C@@H]1CC(=O)[C@H](Cc2ccccc2)[C@H]1/C=C/CCC(O)c1ccccc1. The number of benzene rings is 2. The van der Waals surface area contributed by atoms with E-state index in [4.69, 9.17) is 4.74 Å². The van der Waals surface area contributed by atoms with E-state index in [1.165, 1.54) is 6.92 Å². The lowest BCUT2D eigenvalue weighted by Crippen LogP contribution is -2.24. The molecule has 1 fully saturated rings. The minimum atomic E-state index is -0.518. The smallest absolute Gasteiger partial charge is 0.302 e. The van der Waals surface area contributed by atoms with Crippen LogP contribution in [0.15, 0.2) is 72.8 Å². The highest BCUT2D eigenvalue weighted by atomic mass is 16.5. The number of allylic oxidation sites excluding steroid dienone is 1. The van der Waals surface area contributed by atoms with E-state index < -0.39 is 12.2 Å². The van der Waals surface area contributed by atoms with Gasteiger partial charge in [-0.1, -0.05) is 72.8 Å². The highest BCUT2D eigenvalue weighted by Gasteiger charge is 2.42. The number of Topliss-reactive ketones (excluding diaryl/α,β-unsaturated/α-hetero) is 1. The zero-order chi connectivity index (χ0) is 20.6. The predicted octanol–water partition coefficient (Wildman–Crippen LogP) is 4.44. The summed E-state index contributed by atoms with van der Waals surface area (Å²) in [7, 11) is 0. The number of aliphatic hydroxyl groups is 1. The molecule has 1 saturated carbocycles. The zero-order valence-corrected chi connectivity index (χ0v) is 16.7. The maximum absolute atomic E-state index is 12.6. The molecule has 29 heavy (non-hydrogen) atoms. The van der Waals surface area contributed by atoms with Crippen LogP contribution >= 0.6 is 0 Å². The van der Waals surface area contributed by atoms with Crippen LogP contribution in [0, 0.1) is 11.8 Å².